The van der Waals surface area contributed by atoms with Crippen molar-refractivity contribution < 1.29 is 22.0 Å². The lowest BCUT2D eigenvalue weighted by Gasteiger charge is -2.37. The third-order valence-corrected chi connectivity index (χ3v) is 9.22. The van der Waals surface area contributed by atoms with Crippen LogP contribution in [-0.4, -0.2) is 73.2 Å². The topological polar surface area (TPSA) is 73.8 Å². The molecule has 2 aliphatic heterocycles. The highest BCUT2D eigenvalue weighted by Crippen LogP contribution is 2.37. The average Bonchev–Trinajstić information content (AvgIpc) is 3.29. The lowest BCUT2D eigenvalue weighted by atomic mass is 9.91. The van der Waals surface area contributed by atoms with Crippen molar-refractivity contribution in [2.75, 3.05) is 31.6 Å². The molecule has 10 heteroatoms. The van der Waals surface area contributed by atoms with E-state index in [2.05, 4.69) is 4.98 Å². The number of aryl methyl sites for hydroxylation is 1. The largest absolute Gasteiger partial charge is 0.355 e. The van der Waals surface area contributed by atoms with Crippen LogP contribution in [0.25, 0.3) is 0 Å². The van der Waals surface area contributed by atoms with Crippen LogP contribution in [-0.2, 0) is 14.8 Å². The van der Waals surface area contributed by atoms with E-state index in [1.807, 2.05) is 11.8 Å². The smallest absolute Gasteiger partial charge is 0.248 e. The molecule has 33 heavy (non-hydrogen) atoms. The first kappa shape index (κ1) is 24.3. The molecule has 1 aliphatic carbocycles. The Balaban J connectivity index is 1.57. The van der Waals surface area contributed by atoms with Gasteiger partial charge >= 0.3 is 0 Å². The summed E-state index contributed by atoms with van der Waals surface area (Å²) in [5.41, 5.74) is 0.748. The summed E-state index contributed by atoms with van der Waals surface area (Å²) in [6.45, 7) is 3.63. The van der Waals surface area contributed by atoms with Gasteiger partial charge in [-0.15, -0.1) is 0 Å². The Bertz CT molecular complexity index is 972. The molecule has 184 valence electrons. The molecule has 3 fully saturated rings. The maximum Gasteiger partial charge on any atom is 0.248 e. The van der Waals surface area contributed by atoms with E-state index in [1.165, 1.54) is 9.21 Å². The lowest BCUT2D eigenvalue weighted by Crippen LogP contribution is -2.51. The maximum atomic E-state index is 13.8. The molecule has 1 aromatic heterocycles. The van der Waals surface area contributed by atoms with Gasteiger partial charge in [-0.05, 0) is 64.0 Å². The summed E-state index contributed by atoms with van der Waals surface area (Å²) in [5.74, 6) is -2.51. The van der Waals surface area contributed by atoms with E-state index < -0.39 is 22.0 Å². The monoisotopic (exact) mass is 484 g/mol. The highest BCUT2D eigenvalue weighted by molar-refractivity contribution is 7.89. The van der Waals surface area contributed by atoms with Crippen molar-refractivity contribution in [2.45, 2.75) is 87.6 Å². The van der Waals surface area contributed by atoms with Crippen molar-refractivity contribution in [1.29, 1.82) is 0 Å². The summed E-state index contributed by atoms with van der Waals surface area (Å²) < 4.78 is 56.0. The van der Waals surface area contributed by atoms with Gasteiger partial charge in [0.05, 0.1) is 0 Å². The van der Waals surface area contributed by atoms with Crippen LogP contribution in [0, 0.1) is 6.92 Å². The van der Waals surface area contributed by atoms with Crippen LogP contribution in [0.1, 0.15) is 63.5 Å². The fourth-order valence-electron chi connectivity index (χ4n) is 5.29. The molecular weight excluding hydrogens is 450 g/mol. The van der Waals surface area contributed by atoms with E-state index in [0.29, 0.717) is 18.7 Å². The number of halogens is 2. The van der Waals surface area contributed by atoms with Crippen molar-refractivity contribution >= 4 is 21.7 Å². The number of pyridine rings is 1. The molecule has 0 radical (unpaired) electrons. The molecule has 3 aliphatic rings. The van der Waals surface area contributed by atoms with Crippen LogP contribution in [0.5, 0.6) is 0 Å². The van der Waals surface area contributed by atoms with Crippen molar-refractivity contribution in [2.24, 2.45) is 0 Å². The molecule has 1 amide bonds. The summed E-state index contributed by atoms with van der Waals surface area (Å²) in [6, 6.07) is 2.21. The van der Waals surface area contributed by atoms with Gasteiger partial charge in [0.1, 0.15) is 16.8 Å². The zero-order valence-corrected chi connectivity index (χ0v) is 20.3. The predicted octanol–water partition coefficient (Wildman–Crippen LogP) is 3.57. The minimum atomic E-state index is -3.95. The fourth-order valence-corrected chi connectivity index (χ4v) is 7.09. The van der Waals surface area contributed by atoms with Gasteiger partial charge in [0.25, 0.3) is 0 Å². The number of amides is 1. The molecular formula is C23H34F2N4O3S. The Kier molecular flexibility index (Phi) is 6.96. The number of anilines is 1. The van der Waals surface area contributed by atoms with Gasteiger partial charge < -0.3 is 9.80 Å². The third kappa shape index (κ3) is 5.01. The second-order valence-corrected chi connectivity index (χ2v) is 11.5. The average molecular weight is 485 g/mol. The molecule has 1 aromatic rings. The summed E-state index contributed by atoms with van der Waals surface area (Å²) >= 11 is 0. The molecule has 4 rings (SSSR count). The Morgan fingerprint density at radius 3 is 2.39 bits per heavy atom. The Morgan fingerprint density at radius 1 is 1.06 bits per heavy atom. The van der Waals surface area contributed by atoms with Crippen LogP contribution in [0.3, 0.4) is 0 Å². The number of aromatic nitrogens is 1. The number of sulfonamides is 1. The molecule has 3 heterocycles. The van der Waals surface area contributed by atoms with Gasteiger partial charge in [-0.2, -0.15) is 4.31 Å². The number of rotatable bonds is 5. The van der Waals surface area contributed by atoms with Crippen molar-refractivity contribution in [3.05, 3.63) is 17.8 Å². The van der Waals surface area contributed by atoms with E-state index in [4.69, 9.17) is 0 Å². The second kappa shape index (κ2) is 9.44. The maximum absolute atomic E-state index is 13.8. The van der Waals surface area contributed by atoms with E-state index >= 15 is 0 Å². The van der Waals surface area contributed by atoms with Crippen LogP contribution in [0.15, 0.2) is 17.0 Å². The molecule has 1 atom stereocenters. The second-order valence-electron chi connectivity index (χ2n) is 9.63. The zero-order chi connectivity index (χ0) is 23.8. The number of nitrogens with zero attached hydrogens (tertiary/aromatic N) is 4. The molecule has 0 unspecified atom stereocenters. The third-order valence-electron chi connectivity index (χ3n) is 7.29. The normalized spacial score (nSPS) is 24.7. The van der Waals surface area contributed by atoms with Crippen molar-refractivity contribution in [1.82, 2.24) is 14.2 Å². The highest BCUT2D eigenvalue weighted by atomic mass is 32.2. The van der Waals surface area contributed by atoms with Gasteiger partial charge in [-0.1, -0.05) is 0 Å². The molecule has 0 bridgehead atoms. The van der Waals surface area contributed by atoms with E-state index in [1.54, 1.807) is 19.2 Å². The Hall–Kier alpha value is -1.81. The molecule has 1 saturated carbocycles. The van der Waals surface area contributed by atoms with E-state index in [-0.39, 0.29) is 49.1 Å². The summed E-state index contributed by atoms with van der Waals surface area (Å²) in [4.78, 5) is 21.6. The van der Waals surface area contributed by atoms with E-state index in [9.17, 15) is 22.0 Å². The van der Waals surface area contributed by atoms with Crippen LogP contribution < -0.4 is 4.90 Å². The van der Waals surface area contributed by atoms with Crippen molar-refractivity contribution in [3.63, 3.8) is 0 Å². The number of alkyl halides is 2. The highest BCUT2D eigenvalue weighted by Gasteiger charge is 2.44. The number of hydrogen-bond acceptors (Lipinski definition) is 5. The predicted molar refractivity (Wildman–Crippen MR) is 122 cm³/mol. The standard InChI is InChI=1S/C23H34F2N4O3S/c1-17-8-9-20(21(26-17)28-14-4-3-5-15-28)33(31,32)29-16-6-7-19(29)22(30)27(2)18-10-12-23(24,25)13-11-18/h8-9,18-19H,3-7,10-16H2,1-2H3/t19-/m0/s1. The first-order valence-electron chi connectivity index (χ1n) is 12.0. The minimum Gasteiger partial charge on any atom is -0.355 e. The molecule has 0 spiro atoms. The van der Waals surface area contributed by atoms with Gasteiger partial charge in [0, 0.05) is 51.3 Å². The first-order chi connectivity index (χ1) is 15.6. The lowest BCUT2D eigenvalue weighted by molar-refractivity contribution is -0.138. The Labute approximate surface area is 195 Å². The first-order valence-corrected chi connectivity index (χ1v) is 13.4. The molecule has 0 N–H and O–H groups in total. The van der Waals surface area contributed by atoms with Crippen LogP contribution >= 0.6 is 0 Å². The van der Waals surface area contributed by atoms with Gasteiger partial charge in [0.2, 0.25) is 21.9 Å². The number of hydrogen-bond donors (Lipinski definition) is 0. The number of carbonyl (C=O) groups excluding carboxylic acids is 1. The SMILES string of the molecule is Cc1ccc(S(=O)(=O)N2CCC[C@H]2C(=O)N(C)C2CCC(F)(F)CC2)c(N2CCCCC2)n1. The zero-order valence-electron chi connectivity index (χ0n) is 19.5. The van der Waals surface area contributed by atoms with Gasteiger partial charge in [0.15, 0.2) is 0 Å². The quantitative estimate of drug-likeness (QED) is 0.639. The summed E-state index contributed by atoms with van der Waals surface area (Å²) in [6.07, 6.45) is 4.11. The fraction of sp³-hybridized carbons (Fsp3) is 0.739. The number of piperidine rings is 1. The molecule has 2 saturated heterocycles. The Morgan fingerprint density at radius 2 is 1.73 bits per heavy atom. The minimum absolute atomic E-state index is 0.148. The van der Waals surface area contributed by atoms with Gasteiger partial charge in [-0.3, -0.25) is 4.79 Å². The molecule has 7 nitrogen and oxygen atoms in total. The van der Waals surface area contributed by atoms with Crippen LogP contribution in [0.4, 0.5) is 14.6 Å². The summed E-state index contributed by atoms with van der Waals surface area (Å²) in [7, 11) is -2.33. The van der Waals surface area contributed by atoms with Crippen molar-refractivity contribution in [3.8, 4) is 0 Å². The molecule has 0 aromatic carbocycles. The summed E-state index contributed by atoms with van der Waals surface area (Å²) in [5, 5.41) is 0. The number of carbonyl (C=O) groups is 1. The van der Waals surface area contributed by atoms with Gasteiger partial charge in [-0.25, -0.2) is 22.2 Å². The van der Waals surface area contributed by atoms with E-state index in [0.717, 1.165) is 38.0 Å². The van der Waals surface area contributed by atoms with Crippen LogP contribution in [0.2, 0.25) is 0 Å². The number of likely N-dealkylation sites (N-methyl/N-ethyl adjacent to an activating group) is 1.